The number of rotatable bonds is 12. The first-order valence-corrected chi connectivity index (χ1v) is 12.6. The number of pyridine rings is 1. The molecule has 1 atom stereocenters. The van der Waals surface area contributed by atoms with Gasteiger partial charge >= 0.3 is 11.9 Å². The molecule has 1 amide bonds. The Balaban J connectivity index is 2.01. The van der Waals surface area contributed by atoms with Crippen LogP contribution in [0.15, 0.2) is 77.8 Å². The third-order valence-corrected chi connectivity index (χ3v) is 6.75. The minimum absolute atomic E-state index is 0.0376. The molecule has 0 saturated carbocycles. The number of anilines is 1. The second-order valence-corrected chi connectivity index (χ2v) is 9.47. The molecular formula is C25H25N3O8S. The van der Waals surface area contributed by atoms with E-state index < -0.39 is 40.5 Å². The Morgan fingerprint density at radius 1 is 1.03 bits per heavy atom. The third-order valence-electron chi connectivity index (χ3n) is 5.26. The molecule has 3 N–H and O–H groups in total. The standard InChI is InChI=1S/C25H25N3O8S/c1-2-28(22-10-6-7-13-26-22)23(29)15-20(27-37(34,35)18-8-4-3-5-9-18)17-11-12-21(36-16-24(30)31)19(14-17)25(32)33/h3-14,20,27H,2,15-16H2,1H3,(H,30,31)(H,32,33). The number of aliphatic carboxylic acids is 1. The molecule has 1 unspecified atom stereocenters. The molecule has 12 heteroatoms. The second kappa shape index (κ2) is 12.1. The van der Waals surface area contributed by atoms with Crippen molar-refractivity contribution in [3.05, 3.63) is 84.1 Å². The number of ether oxygens (including phenoxy) is 1. The van der Waals surface area contributed by atoms with Crippen molar-refractivity contribution in [3.8, 4) is 5.75 Å². The van der Waals surface area contributed by atoms with Gasteiger partial charge in [0, 0.05) is 19.2 Å². The fraction of sp³-hybridized carbons (Fsp3) is 0.200. The summed E-state index contributed by atoms with van der Waals surface area (Å²) in [5.41, 5.74) is -0.211. The molecule has 1 heterocycles. The number of hydrogen-bond donors (Lipinski definition) is 3. The Kier molecular flexibility index (Phi) is 8.93. The highest BCUT2D eigenvalue weighted by atomic mass is 32.2. The van der Waals surface area contributed by atoms with Gasteiger partial charge in [0.2, 0.25) is 15.9 Å². The number of nitrogens with zero attached hydrogens (tertiary/aromatic N) is 2. The zero-order chi connectivity index (χ0) is 27.0. The lowest BCUT2D eigenvalue weighted by atomic mass is 10.0. The summed E-state index contributed by atoms with van der Waals surface area (Å²) in [6.07, 6.45) is 1.17. The Labute approximate surface area is 213 Å². The number of carbonyl (C=O) groups excluding carboxylic acids is 1. The topological polar surface area (TPSA) is 163 Å². The van der Waals surface area contributed by atoms with Gasteiger partial charge in [-0.1, -0.05) is 30.3 Å². The van der Waals surface area contributed by atoms with Gasteiger partial charge in [-0.15, -0.1) is 0 Å². The van der Waals surface area contributed by atoms with Crippen LogP contribution in [0, 0.1) is 0 Å². The number of hydrogen-bond acceptors (Lipinski definition) is 7. The maximum absolute atomic E-state index is 13.3. The maximum Gasteiger partial charge on any atom is 0.341 e. The molecule has 3 aromatic rings. The normalized spacial score (nSPS) is 11.9. The van der Waals surface area contributed by atoms with E-state index in [0.717, 1.165) is 6.07 Å². The zero-order valence-corrected chi connectivity index (χ0v) is 20.6. The first-order chi connectivity index (χ1) is 17.6. The Bertz CT molecular complexity index is 1370. The SMILES string of the molecule is CCN(C(=O)CC(NS(=O)(=O)c1ccccc1)c1ccc(OCC(=O)O)c(C(=O)O)c1)c1ccccn1. The number of carboxylic acids is 2. The van der Waals surface area contributed by atoms with Gasteiger partial charge in [-0.25, -0.2) is 27.7 Å². The third kappa shape index (κ3) is 7.12. The van der Waals surface area contributed by atoms with Crippen LogP contribution >= 0.6 is 0 Å². The largest absolute Gasteiger partial charge is 0.481 e. The van der Waals surface area contributed by atoms with E-state index in [1.54, 1.807) is 43.3 Å². The summed E-state index contributed by atoms with van der Waals surface area (Å²) in [5.74, 6) is -3.00. The van der Waals surface area contributed by atoms with Crippen molar-refractivity contribution >= 4 is 33.7 Å². The molecule has 0 saturated heterocycles. The molecule has 11 nitrogen and oxygen atoms in total. The van der Waals surface area contributed by atoms with Crippen LogP contribution in [0.1, 0.15) is 35.3 Å². The highest BCUT2D eigenvalue weighted by molar-refractivity contribution is 7.89. The molecule has 0 radical (unpaired) electrons. The van der Waals surface area contributed by atoms with Gasteiger partial charge in [0.25, 0.3) is 0 Å². The molecule has 0 aliphatic rings. The molecule has 0 aliphatic carbocycles. The monoisotopic (exact) mass is 527 g/mol. The summed E-state index contributed by atoms with van der Waals surface area (Å²) in [7, 11) is -4.11. The van der Waals surface area contributed by atoms with Crippen LogP contribution in [0.2, 0.25) is 0 Å². The van der Waals surface area contributed by atoms with Crippen LogP contribution in [0.3, 0.4) is 0 Å². The number of nitrogens with one attached hydrogen (secondary N) is 1. The Hall–Kier alpha value is -4.29. The van der Waals surface area contributed by atoms with Crippen molar-refractivity contribution < 1.29 is 37.8 Å². The number of benzene rings is 2. The molecule has 0 fully saturated rings. The number of amides is 1. The predicted octanol–water partition coefficient (Wildman–Crippen LogP) is 2.71. The van der Waals surface area contributed by atoms with Crippen LogP contribution in [-0.4, -0.2) is 54.6 Å². The number of carbonyl (C=O) groups is 3. The predicted molar refractivity (Wildman–Crippen MR) is 133 cm³/mol. The first kappa shape index (κ1) is 27.3. The van der Waals surface area contributed by atoms with Gasteiger partial charge < -0.3 is 14.9 Å². The lowest BCUT2D eigenvalue weighted by Crippen LogP contribution is -2.37. The number of aromatic carboxylic acids is 1. The minimum atomic E-state index is -4.11. The second-order valence-electron chi connectivity index (χ2n) is 7.76. The molecule has 0 aliphatic heterocycles. The molecule has 1 aromatic heterocycles. The number of carboxylic acid groups (broad SMARTS) is 2. The van der Waals surface area contributed by atoms with Gasteiger partial charge in [0.15, 0.2) is 6.61 Å². The van der Waals surface area contributed by atoms with E-state index in [-0.39, 0.29) is 34.7 Å². The lowest BCUT2D eigenvalue weighted by molar-refractivity contribution is -0.139. The van der Waals surface area contributed by atoms with Crippen molar-refractivity contribution in [2.45, 2.75) is 24.3 Å². The quantitative estimate of drug-likeness (QED) is 0.321. The Morgan fingerprint density at radius 2 is 1.73 bits per heavy atom. The van der Waals surface area contributed by atoms with E-state index in [2.05, 4.69) is 9.71 Å². The van der Waals surface area contributed by atoms with Crippen molar-refractivity contribution in [1.29, 1.82) is 0 Å². The van der Waals surface area contributed by atoms with E-state index in [4.69, 9.17) is 9.84 Å². The van der Waals surface area contributed by atoms with E-state index in [9.17, 15) is 27.9 Å². The number of aromatic nitrogens is 1. The van der Waals surface area contributed by atoms with E-state index in [0.29, 0.717) is 5.82 Å². The molecular weight excluding hydrogens is 502 g/mol. The molecule has 0 bridgehead atoms. The van der Waals surface area contributed by atoms with Gasteiger partial charge in [-0.3, -0.25) is 9.69 Å². The van der Waals surface area contributed by atoms with E-state index >= 15 is 0 Å². The highest BCUT2D eigenvalue weighted by Gasteiger charge is 2.28. The maximum atomic E-state index is 13.3. The van der Waals surface area contributed by atoms with Crippen molar-refractivity contribution in [2.24, 2.45) is 0 Å². The molecule has 0 spiro atoms. The smallest absolute Gasteiger partial charge is 0.341 e. The van der Waals surface area contributed by atoms with Crippen LogP contribution in [0.25, 0.3) is 0 Å². The van der Waals surface area contributed by atoms with Crippen molar-refractivity contribution in [3.63, 3.8) is 0 Å². The minimum Gasteiger partial charge on any atom is -0.481 e. The number of sulfonamides is 1. The average Bonchev–Trinajstić information content (AvgIpc) is 2.88. The zero-order valence-electron chi connectivity index (χ0n) is 19.8. The van der Waals surface area contributed by atoms with Gasteiger partial charge in [-0.2, -0.15) is 0 Å². The molecule has 194 valence electrons. The fourth-order valence-electron chi connectivity index (χ4n) is 3.54. The van der Waals surface area contributed by atoms with Gasteiger partial charge in [0.05, 0.1) is 10.9 Å². The summed E-state index contributed by atoms with van der Waals surface area (Å²) in [5, 5.41) is 18.5. The summed E-state index contributed by atoms with van der Waals surface area (Å²) in [4.78, 5) is 41.5. The average molecular weight is 528 g/mol. The Morgan fingerprint density at radius 3 is 2.32 bits per heavy atom. The van der Waals surface area contributed by atoms with Gasteiger partial charge in [0.1, 0.15) is 17.1 Å². The van der Waals surface area contributed by atoms with Crippen LogP contribution in [0.4, 0.5) is 5.82 Å². The van der Waals surface area contributed by atoms with E-state index in [1.807, 2.05) is 0 Å². The van der Waals surface area contributed by atoms with Crippen LogP contribution < -0.4 is 14.4 Å². The van der Waals surface area contributed by atoms with Gasteiger partial charge in [-0.05, 0) is 48.9 Å². The van der Waals surface area contributed by atoms with E-state index in [1.165, 1.54) is 35.4 Å². The molecule has 3 rings (SSSR count). The summed E-state index contributed by atoms with van der Waals surface area (Å²) < 4.78 is 33.8. The fourth-order valence-corrected chi connectivity index (χ4v) is 4.79. The summed E-state index contributed by atoms with van der Waals surface area (Å²) in [6.45, 7) is 1.24. The molecule has 2 aromatic carbocycles. The summed E-state index contributed by atoms with van der Waals surface area (Å²) >= 11 is 0. The lowest BCUT2D eigenvalue weighted by Gasteiger charge is -2.25. The van der Waals surface area contributed by atoms with Crippen LogP contribution in [-0.2, 0) is 19.6 Å². The molecule has 37 heavy (non-hydrogen) atoms. The van der Waals surface area contributed by atoms with Crippen molar-refractivity contribution in [1.82, 2.24) is 9.71 Å². The summed E-state index contributed by atoms with van der Waals surface area (Å²) in [6, 6.07) is 15.2. The highest BCUT2D eigenvalue weighted by Crippen LogP contribution is 2.28. The van der Waals surface area contributed by atoms with Crippen molar-refractivity contribution in [2.75, 3.05) is 18.1 Å². The first-order valence-electron chi connectivity index (χ1n) is 11.1. The van der Waals surface area contributed by atoms with Crippen LogP contribution in [0.5, 0.6) is 5.75 Å².